The number of hydrogen-bond donors (Lipinski definition) is 0. The number of fused-ring (bicyclic) bond motifs is 1. The van der Waals surface area contributed by atoms with Gasteiger partial charge in [0.05, 0.1) is 13.7 Å². The number of methoxy groups -OCH3 is 1. The van der Waals surface area contributed by atoms with E-state index in [0.29, 0.717) is 6.61 Å². The lowest BCUT2D eigenvalue weighted by Gasteiger charge is -2.00. The van der Waals surface area contributed by atoms with Gasteiger partial charge in [-0.15, -0.1) is 0 Å². The highest BCUT2D eigenvalue weighted by Gasteiger charge is 2.06. The minimum atomic E-state index is -0.331. The number of carbonyl (C=O) groups excluding carboxylic acids is 1. The monoisotopic (exact) mass is 259 g/mol. The molecule has 2 aromatic rings. The number of aromatic nitrogens is 1. The third-order valence-corrected chi connectivity index (χ3v) is 2.91. The summed E-state index contributed by atoms with van der Waals surface area (Å²) in [7, 11) is 3.61. The maximum absolute atomic E-state index is 11.3. The fraction of sp³-hybridized carbons (Fsp3) is 0.267. The van der Waals surface area contributed by atoms with Crippen LogP contribution in [0.1, 0.15) is 12.5 Å². The van der Waals surface area contributed by atoms with Crippen molar-refractivity contribution < 1.29 is 14.3 Å². The third-order valence-electron chi connectivity index (χ3n) is 2.91. The molecule has 0 aliphatic heterocycles. The molecule has 1 aromatic heterocycles. The number of ether oxygens (including phenoxy) is 2. The number of hydrogen-bond acceptors (Lipinski definition) is 3. The molecule has 19 heavy (non-hydrogen) atoms. The summed E-state index contributed by atoms with van der Waals surface area (Å²) in [6.45, 7) is 2.17. The van der Waals surface area contributed by atoms with E-state index in [1.54, 1.807) is 20.1 Å². The van der Waals surface area contributed by atoms with E-state index in [0.717, 1.165) is 22.2 Å². The summed E-state index contributed by atoms with van der Waals surface area (Å²) in [5.41, 5.74) is 2.05. The highest BCUT2D eigenvalue weighted by atomic mass is 16.5. The fourth-order valence-corrected chi connectivity index (χ4v) is 2.01. The zero-order valence-electron chi connectivity index (χ0n) is 11.3. The maximum Gasteiger partial charge on any atom is 0.330 e. The molecule has 0 amide bonds. The van der Waals surface area contributed by atoms with Gasteiger partial charge in [0, 0.05) is 35.8 Å². The molecule has 0 atom stereocenters. The first-order valence-electron chi connectivity index (χ1n) is 6.13. The Bertz CT molecular complexity index is 626. The Balaban J connectivity index is 2.40. The number of aryl methyl sites for hydroxylation is 1. The highest BCUT2D eigenvalue weighted by Crippen LogP contribution is 2.26. The van der Waals surface area contributed by atoms with Crippen molar-refractivity contribution in [2.24, 2.45) is 7.05 Å². The summed E-state index contributed by atoms with van der Waals surface area (Å²) >= 11 is 0. The Morgan fingerprint density at radius 2 is 2.21 bits per heavy atom. The number of nitrogens with zero attached hydrogens (tertiary/aromatic N) is 1. The minimum absolute atomic E-state index is 0.331. The summed E-state index contributed by atoms with van der Waals surface area (Å²) in [4.78, 5) is 11.3. The molecular weight excluding hydrogens is 242 g/mol. The number of esters is 1. The summed E-state index contributed by atoms with van der Waals surface area (Å²) in [6.07, 6.45) is 5.18. The molecule has 0 saturated carbocycles. The SMILES string of the molecule is CCOC(=O)/C=C/c1cn(C)c2ccc(OC)cc12. The Hall–Kier alpha value is -2.23. The van der Waals surface area contributed by atoms with Crippen LogP contribution in [0, 0.1) is 0 Å². The van der Waals surface area contributed by atoms with Crippen molar-refractivity contribution >= 4 is 22.9 Å². The van der Waals surface area contributed by atoms with Gasteiger partial charge in [0.2, 0.25) is 0 Å². The van der Waals surface area contributed by atoms with Gasteiger partial charge in [-0.2, -0.15) is 0 Å². The molecule has 100 valence electrons. The molecule has 0 unspecified atom stereocenters. The lowest BCUT2D eigenvalue weighted by molar-refractivity contribution is -0.137. The van der Waals surface area contributed by atoms with Gasteiger partial charge < -0.3 is 14.0 Å². The number of carbonyl (C=O) groups is 1. The molecule has 1 aromatic carbocycles. The van der Waals surface area contributed by atoms with Crippen molar-refractivity contribution in [3.8, 4) is 5.75 Å². The average Bonchev–Trinajstić information content (AvgIpc) is 2.73. The Kier molecular flexibility index (Phi) is 3.90. The van der Waals surface area contributed by atoms with E-state index in [2.05, 4.69) is 0 Å². The van der Waals surface area contributed by atoms with Crippen LogP contribution in [0.3, 0.4) is 0 Å². The van der Waals surface area contributed by atoms with E-state index in [1.807, 2.05) is 36.0 Å². The molecule has 0 saturated heterocycles. The van der Waals surface area contributed by atoms with E-state index in [-0.39, 0.29) is 5.97 Å². The summed E-state index contributed by atoms with van der Waals surface area (Å²) in [6, 6.07) is 5.87. The second kappa shape index (κ2) is 5.61. The smallest absolute Gasteiger partial charge is 0.330 e. The standard InChI is InChI=1S/C15H17NO3/c1-4-19-15(17)8-5-11-10-16(2)14-7-6-12(18-3)9-13(11)14/h5-10H,4H2,1-3H3/b8-5+. The molecule has 4 heteroatoms. The van der Waals surface area contributed by atoms with Gasteiger partial charge in [-0.25, -0.2) is 4.79 Å². The Morgan fingerprint density at radius 3 is 2.89 bits per heavy atom. The normalized spacial score (nSPS) is 11.1. The fourth-order valence-electron chi connectivity index (χ4n) is 2.01. The van der Waals surface area contributed by atoms with Gasteiger partial charge in [0.15, 0.2) is 0 Å². The van der Waals surface area contributed by atoms with E-state index >= 15 is 0 Å². The predicted molar refractivity (Wildman–Crippen MR) is 75.1 cm³/mol. The molecular formula is C15H17NO3. The van der Waals surface area contributed by atoms with Crippen molar-refractivity contribution in [2.45, 2.75) is 6.92 Å². The lowest BCUT2D eigenvalue weighted by Crippen LogP contribution is -1.98. The molecule has 0 bridgehead atoms. The number of benzene rings is 1. The highest BCUT2D eigenvalue weighted by molar-refractivity contribution is 5.94. The molecule has 0 aliphatic carbocycles. The van der Waals surface area contributed by atoms with Crippen LogP contribution in [0.5, 0.6) is 5.75 Å². The molecule has 4 nitrogen and oxygen atoms in total. The van der Waals surface area contributed by atoms with Crippen LogP contribution in [-0.2, 0) is 16.6 Å². The molecule has 0 aliphatic rings. The van der Waals surface area contributed by atoms with Crippen LogP contribution in [0.25, 0.3) is 17.0 Å². The summed E-state index contributed by atoms with van der Waals surface area (Å²) in [5.74, 6) is 0.465. The van der Waals surface area contributed by atoms with Crippen LogP contribution in [0.15, 0.2) is 30.5 Å². The average molecular weight is 259 g/mol. The number of rotatable bonds is 4. The molecule has 0 N–H and O–H groups in total. The predicted octanol–water partition coefficient (Wildman–Crippen LogP) is 2.76. The van der Waals surface area contributed by atoms with Crippen molar-refractivity contribution in [1.82, 2.24) is 4.57 Å². The topological polar surface area (TPSA) is 40.5 Å². The van der Waals surface area contributed by atoms with Gasteiger partial charge in [-0.3, -0.25) is 0 Å². The minimum Gasteiger partial charge on any atom is -0.497 e. The molecule has 0 spiro atoms. The van der Waals surface area contributed by atoms with Crippen LogP contribution < -0.4 is 4.74 Å². The van der Waals surface area contributed by atoms with E-state index in [9.17, 15) is 4.79 Å². The van der Waals surface area contributed by atoms with E-state index in [1.165, 1.54) is 6.08 Å². The largest absolute Gasteiger partial charge is 0.497 e. The van der Waals surface area contributed by atoms with E-state index < -0.39 is 0 Å². The van der Waals surface area contributed by atoms with Crippen LogP contribution >= 0.6 is 0 Å². The van der Waals surface area contributed by atoms with Gasteiger partial charge in [0.1, 0.15) is 5.75 Å². The molecule has 0 fully saturated rings. The second-order valence-electron chi connectivity index (χ2n) is 4.16. The third kappa shape index (κ3) is 2.78. The zero-order chi connectivity index (χ0) is 13.8. The summed E-state index contributed by atoms with van der Waals surface area (Å²) in [5, 5.41) is 1.04. The first kappa shape index (κ1) is 13.2. The maximum atomic E-state index is 11.3. The Morgan fingerprint density at radius 1 is 1.42 bits per heavy atom. The molecule has 1 heterocycles. The van der Waals surface area contributed by atoms with E-state index in [4.69, 9.17) is 9.47 Å². The van der Waals surface area contributed by atoms with Crippen molar-refractivity contribution in [3.63, 3.8) is 0 Å². The van der Waals surface area contributed by atoms with Gasteiger partial charge >= 0.3 is 5.97 Å². The Labute approximate surface area is 112 Å². The van der Waals surface area contributed by atoms with Gasteiger partial charge in [0.25, 0.3) is 0 Å². The zero-order valence-corrected chi connectivity index (χ0v) is 11.3. The van der Waals surface area contributed by atoms with Crippen molar-refractivity contribution in [2.75, 3.05) is 13.7 Å². The van der Waals surface area contributed by atoms with Crippen LogP contribution in [0.2, 0.25) is 0 Å². The van der Waals surface area contributed by atoms with Gasteiger partial charge in [-0.05, 0) is 31.2 Å². The van der Waals surface area contributed by atoms with Crippen molar-refractivity contribution in [1.29, 1.82) is 0 Å². The summed E-state index contributed by atoms with van der Waals surface area (Å²) < 4.78 is 12.1. The first-order valence-corrected chi connectivity index (χ1v) is 6.13. The molecule has 2 rings (SSSR count). The van der Waals surface area contributed by atoms with Crippen molar-refractivity contribution in [3.05, 3.63) is 36.0 Å². The second-order valence-corrected chi connectivity index (χ2v) is 4.16. The first-order chi connectivity index (χ1) is 9.15. The van der Waals surface area contributed by atoms with Crippen LogP contribution in [-0.4, -0.2) is 24.3 Å². The molecule has 0 radical (unpaired) electrons. The lowest BCUT2D eigenvalue weighted by atomic mass is 10.1. The quantitative estimate of drug-likeness (QED) is 0.626. The van der Waals surface area contributed by atoms with Crippen LogP contribution in [0.4, 0.5) is 0 Å². The van der Waals surface area contributed by atoms with Gasteiger partial charge in [-0.1, -0.05) is 0 Å².